The standard InChI is InChI=1S/C12H15NO2/c1-3-13-12(11-5-4-6-14-11)10-7-9(2)15-8-10/h4-8,12-13H,3H2,1-2H3. The van der Waals surface area contributed by atoms with Gasteiger partial charge in [-0.1, -0.05) is 6.92 Å². The number of furan rings is 2. The van der Waals surface area contributed by atoms with Gasteiger partial charge in [-0.05, 0) is 31.7 Å². The average Bonchev–Trinajstić information content (AvgIpc) is 2.85. The van der Waals surface area contributed by atoms with Crippen LogP contribution < -0.4 is 5.32 Å². The van der Waals surface area contributed by atoms with E-state index in [9.17, 15) is 0 Å². The van der Waals surface area contributed by atoms with Crippen molar-refractivity contribution in [3.63, 3.8) is 0 Å². The third kappa shape index (κ3) is 2.13. The molecule has 0 aromatic carbocycles. The van der Waals surface area contributed by atoms with E-state index in [4.69, 9.17) is 8.83 Å². The fourth-order valence-electron chi connectivity index (χ4n) is 1.66. The maximum atomic E-state index is 5.41. The molecule has 0 aliphatic rings. The van der Waals surface area contributed by atoms with Crippen molar-refractivity contribution in [1.82, 2.24) is 5.32 Å². The lowest BCUT2D eigenvalue weighted by molar-refractivity contribution is 0.448. The first-order chi connectivity index (χ1) is 7.31. The van der Waals surface area contributed by atoms with E-state index in [1.165, 1.54) is 0 Å². The molecule has 0 saturated heterocycles. The van der Waals surface area contributed by atoms with Crippen LogP contribution in [0.15, 0.2) is 39.6 Å². The van der Waals surface area contributed by atoms with Crippen LogP contribution in [0.5, 0.6) is 0 Å². The minimum atomic E-state index is 0.0856. The summed E-state index contributed by atoms with van der Waals surface area (Å²) in [6.45, 7) is 4.90. The van der Waals surface area contributed by atoms with Gasteiger partial charge in [0.2, 0.25) is 0 Å². The highest BCUT2D eigenvalue weighted by Crippen LogP contribution is 2.23. The Morgan fingerprint density at radius 3 is 2.80 bits per heavy atom. The molecule has 0 amide bonds. The molecule has 2 aromatic heterocycles. The van der Waals surface area contributed by atoms with E-state index in [1.54, 1.807) is 12.5 Å². The van der Waals surface area contributed by atoms with Crippen LogP contribution >= 0.6 is 0 Å². The van der Waals surface area contributed by atoms with Gasteiger partial charge in [-0.2, -0.15) is 0 Å². The van der Waals surface area contributed by atoms with Crippen LogP contribution in [0.2, 0.25) is 0 Å². The molecule has 80 valence electrons. The fraction of sp³-hybridized carbons (Fsp3) is 0.333. The third-order valence-corrected chi connectivity index (χ3v) is 2.32. The van der Waals surface area contributed by atoms with Crippen LogP contribution in [0.3, 0.4) is 0 Å². The van der Waals surface area contributed by atoms with Crippen molar-refractivity contribution in [2.45, 2.75) is 19.9 Å². The van der Waals surface area contributed by atoms with E-state index in [1.807, 2.05) is 25.1 Å². The minimum Gasteiger partial charge on any atom is -0.469 e. The first kappa shape index (κ1) is 10.1. The second-order valence-electron chi connectivity index (χ2n) is 3.50. The molecular formula is C12H15NO2. The lowest BCUT2D eigenvalue weighted by atomic mass is 10.1. The molecule has 1 atom stereocenters. The summed E-state index contributed by atoms with van der Waals surface area (Å²) in [5.41, 5.74) is 1.10. The molecule has 0 aliphatic carbocycles. The number of aryl methyl sites for hydroxylation is 1. The fourth-order valence-corrected chi connectivity index (χ4v) is 1.66. The van der Waals surface area contributed by atoms with Crippen molar-refractivity contribution in [2.24, 2.45) is 0 Å². The second kappa shape index (κ2) is 4.36. The predicted molar refractivity (Wildman–Crippen MR) is 57.7 cm³/mol. The molecule has 0 bridgehead atoms. The molecule has 15 heavy (non-hydrogen) atoms. The Balaban J connectivity index is 2.27. The lowest BCUT2D eigenvalue weighted by Crippen LogP contribution is -2.20. The van der Waals surface area contributed by atoms with E-state index < -0.39 is 0 Å². The van der Waals surface area contributed by atoms with Gasteiger partial charge >= 0.3 is 0 Å². The van der Waals surface area contributed by atoms with Crippen LogP contribution in [0.1, 0.15) is 30.0 Å². The molecule has 1 unspecified atom stereocenters. The minimum absolute atomic E-state index is 0.0856. The van der Waals surface area contributed by atoms with Crippen molar-refractivity contribution >= 4 is 0 Å². The highest BCUT2D eigenvalue weighted by Gasteiger charge is 2.17. The van der Waals surface area contributed by atoms with Gasteiger partial charge in [0, 0.05) is 5.56 Å². The maximum absolute atomic E-state index is 5.41. The van der Waals surface area contributed by atoms with Crippen molar-refractivity contribution in [1.29, 1.82) is 0 Å². The van der Waals surface area contributed by atoms with Crippen molar-refractivity contribution in [3.05, 3.63) is 47.8 Å². The van der Waals surface area contributed by atoms with Gasteiger partial charge in [0.05, 0.1) is 18.6 Å². The summed E-state index contributed by atoms with van der Waals surface area (Å²) in [5.74, 6) is 1.83. The van der Waals surface area contributed by atoms with Crippen molar-refractivity contribution in [3.8, 4) is 0 Å². The lowest BCUT2D eigenvalue weighted by Gasteiger charge is -2.12. The summed E-state index contributed by atoms with van der Waals surface area (Å²) in [4.78, 5) is 0. The van der Waals surface area contributed by atoms with Crippen LogP contribution in [-0.2, 0) is 0 Å². The van der Waals surface area contributed by atoms with Crippen molar-refractivity contribution in [2.75, 3.05) is 6.54 Å². The zero-order chi connectivity index (χ0) is 10.7. The normalized spacial score (nSPS) is 12.9. The van der Waals surface area contributed by atoms with Gasteiger partial charge in [0.1, 0.15) is 11.5 Å². The van der Waals surface area contributed by atoms with E-state index >= 15 is 0 Å². The topological polar surface area (TPSA) is 38.3 Å². The molecule has 0 aliphatic heterocycles. The van der Waals surface area contributed by atoms with Crippen LogP contribution in [0.25, 0.3) is 0 Å². The largest absolute Gasteiger partial charge is 0.469 e. The van der Waals surface area contributed by atoms with Gasteiger partial charge in [-0.15, -0.1) is 0 Å². The highest BCUT2D eigenvalue weighted by atomic mass is 16.3. The second-order valence-corrected chi connectivity index (χ2v) is 3.50. The highest BCUT2D eigenvalue weighted by molar-refractivity contribution is 5.24. The molecule has 0 radical (unpaired) electrons. The zero-order valence-electron chi connectivity index (χ0n) is 8.99. The quantitative estimate of drug-likeness (QED) is 0.834. The van der Waals surface area contributed by atoms with Gasteiger partial charge in [0.25, 0.3) is 0 Å². The SMILES string of the molecule is CCNC(c1coc(C)c1)c1ccco1. The van der Waals surface area contributed by atoms with E-state index in [2.05, 4.69) is 12.2 Å². The first-order valence-electron chi connectivity index (χ1n) is 5.13. The Morgan fingerprint density at radius 1 is 1.40 bits per heavy atom. The zero-order valence-corrected chi connectivity index (χ0v) is 8.99. The summed E-state index contributed by atoms with van der Waals surface area (Å²) in [6, 6.07) is 5.97. The first-order valence-corrected chi connectivity index (χ1v) is 5.13. The maximum Gasteiger partial charge on any atom is 0.125 e. The van der Waals surface area contributed by atoms with Crippen molar-refractivity contribution < 1.29 is 8.83 Å². The molecule has 0 fully saturated rings. The Morgan fingerprint density at radius 2 is 2.27 bits per heavy atom. The Hall–Kier alpha value is -1.48. The van der Waals surface area contributed by atoms with Crippen LogP contribution in [-0.4, -0.2) is 6.54 Å². The molecule has 0 spiro atoms. The van der Waals surface area contributed by atoms with E-state index in [0.29, 0.717) is 0 Å². The van der Waals surface area contributed by atoms with E-state index in [0.717, 1.165) is 23.6 Å². The molecule has 1 N–H and O–H groups in total. The molecule has 3 heteroatoms. The smallest absolute Gasteiger partial charge is 0.125 e. The Labute approximate surface area is 89.1 Å². The number of hydrogen-bond donors (Lipinski definition) is 1. The number of hydrogen-bond acceptors (Lipinski definition) is 3. The van der Waals surface area contributed by atoms with Crippen LogP contribution in [0.4, 0.5) is 0 Å². The molecule has 2 aromatic rings. The third-order valence-electron chi connectivity index (χ3n) is 2.32. The molecular weight excluding hydrogens is 190 g/mol. The summed E-state index contributed by atoms with van der Waals surface area (Å²) < 4.78 is 10.7. The number of rotatable bonds is 4. The van der Waals surface area contributed by atoms with Crippen LogP contribution in [0, 0.1) is 6.92 Å². The molecule has 2 heterocycles. The van der Waals surface area contributed by atoms with Gasteiger partial charge < -0.3 is 14.2 Å². The summed E-state index contributed by atoms with van der Waals surface area (Å²) in [5, 5.41) is 3.36. The van der Waals surface area contributed by atoms with Gasteiger partial charge in [-0.25, -0.2) is 0 Å². The average molecular weight is 205 g/mol. The van der Waals surface area contributed by atoms with E-state index in [-0.39, 0.29) is 6.04 Å². The molecule has 3 nitrogen and oxygen atoms in total. The predicted octanol–water partition coefficient (Wildman–Crippen LogP) is 2.88. The summed E-state index contributed by atoms with van der Waals surface area (Å²) in [6.07, 6.45) is 3.46. The summed E-state index contributed by atoms with van der Waals surface area (Å²) >= 11 is 0. The number of nitrogens with one attached hydrogen (secondary N) is 1. The Bertz CT molecular complexity index is 403. The monoisotopic (exact) mass is 205 g/mol. The van der Waals surface area contributed by atoms with Gasteiger partial charge in [-0.3, -0.25) is 0 Å². The molecule has 2 rings (SSSR count). The molecule has 0 saturated carbocycles. The summed E-state index contributed by atoms with van der Waals surface area (Å²) in [7, 11) is 0. The van der Waals surface area contributed by atoms with Gasteiger partial charge in [0.15, 0.2) is 0 Å². The Kier molecular flexibility index (Phi) is 2.92.